The summed E-state index contributed by atoms with van der Waals surface area (Å²) >= 11 is 6.39. The normalized spacial score (nSPS) is 15.8. The summed E-state index contributed by atoms with van der Waals surface area (Å²) in [6.07, 6.45) is -3.07. The summed E-state index contributed by atoms with van der Waals surface area (Å²) < 4.78 is 46.5. The number of pyridine rings is 1. The zero-order chi connectivity index (χ0) is 23.0. The number of hydrogen-bond acceptors (Lipinski definition) is 5. The number of hydrogen-bond donors (Lipinski definition) is 2. The van der Waals surface area contributed by atoms with Gasteiger partial charge in [0.25, 0.3) is 0 Å². The molecule has 1 atom stereocenters. The van der Waals surface area contributed by atoms with E-state index in [0.717, 1.165) is 18.7 Å². The minimum absolute atomic E-state index is 0.106. The zero-order valence-electron chi connectivity index (χ0n) is 17.2. The van der Waals surface area contributed by atoms with Crippen LogP contribution >= 0.6 is 11.6 Å². The van der Waals surface area contributed by atoms with Crippen molar-refractivity contribution in [3.8, 4) is 5.88 Å². The molecule has 1 aromatic heterocycles. The van der Waals surface area contributed by atoms with Crippen LogP contribution in [0.2, 0.25) is 5.02 Å². The first-order chi connectivity index (χ1) is 15.3. The number of alkyl halides is 3. The van der Waals surface area contributed by atoms with Crippen molar-refractivity contribution < 1.29 is 27.4 Å². The fourth-order valence-corrected chi connectivity index (χ4v) is 3.52. The van der Waals surface area contributed by atoms with Crippen molar-refractivity contribution in [1.29, 1.82) is 0 Å². The highest BCUT2D eigenvalue weighted by atomic mass is 35.5. The summed E-state index contributed by atoms with van der Waals surface area (Å²) in [5.74, 6) is -0.136. The minimum Gasteiger partial charge on any atom is -0.468 e. The Bertz CT molecular complexity index is 877. The quantitative estimate of drug-likeness (QED) is 0.614. The van der Waals surface area contributed by atoms with E-state index in [1.54, 1.807) is 6.07 Å². The van der Waals surface area contributed by atoms with Gasteiger partial charge in [-0.2, -0.15) is 13.2 Å². The molecule has 3 rings (SSSR count). The lowest BCUT2D eigenvalue weighted by atomic mass is 10.0. The first-order valence-electron chi connectivity index (χ1n) is 10.0. The highest BCUT2D eigenvalue weighted by molar-refractivity contribution is 6.31. The number of carbonyl (C=O) groups is 1. The van der Waals surface area contributed by atoms with Crippen molar-refractivity contribution in [1.82, 2.24) is 20.5 Å². The lowest BCUT2D eigenvalue weighted by molar-refractivity contribution is -0.154. The van der Waals surface area contributed by atoms with Gasteiger partial charge in [-0.05, 0) is 17.2 Å². The molecule has 1 aliphatic heterocycles. The molecule has 0 bridgehead atoms. The van der Waals surface area contributed by atoms with Crippen LogP contribution < -0.4 is 15.4 Å². The van der Waals surface area contributed by atoms with E-state index in [4.69, 9.17) is 16.3 Å². The van der Waals surface area contributed by atoms with E-state index in [1.807, 2.05) is 24.3 Å². The molecule has 2 N–H and O–H groups in total. The van der Waals surface area contributed by atoms with Gasteiger partial charge in [0.2, 0.25) is 5.88 Å². The second kappa shape index (κ2) is 11.3. The summed E-state index contributed by atoms with van der Waals surface area (Å²) in [6.45, 7) is 1.79. The predicted molar refractivity (Wildman–Crippen MR) is 113 cm³/mol. The summed E-state index contributed by atoms with van der Waals surface area (Å²) in [5, 5.41) is 6.20. The Kier molecular flexibility index (Phi) is 8.54. The Hall–Kier alpha value is -2.56. The Morgan fingerprint density at radius 2 is 1.94 bits per heavy atom. The third-order valence-corrected chi connectivity index (χ3v) is 5.19. The van der Waals surface area contributed by atoms with E-state index >= 15 is 0 Å². The summed E-state index contributed by atoms with van der Waals surface area (Å²) in [7, 11) is 0. The summed E-state index contributed by atoms with van der Waals surface area (Å²) in [6, 6.07) is 9.90. The Morgan fingerprint density at radius 3 is 2.59 bits per heavy atom. The van der Waals surface area contributed by atoms with Gasteiger partial charge in [0.1, 0.15) is 0 Å². The summed E-state index contributed by atoms with van der Waals surface area (Å²) in [5.41, 5.74) is 1.55. The lowest BCUT2D eigenvalue weighted by Crippen LogP contribution is -2.45. The van der Waals surface area contributed by atoms with Gasteiger partial charge >= 0.3 is 12.2 Å². The van der Waals surface area contributed by atoms with Crippen molar-refractivity contribution in [2.45, 2.75) is 18.8 Å². The lowest BCUT2D eigenvalue weighted by Gasteiger charge is -2.35. The SMILES string of the molecule is O=C(NCc1ccc(OCC(F)(F)F)nc1)NCC(c1ccccc1Cl)N1CCOCC1. The molecule has 2 aromatic rings. The van der Waals surface area contributed by atoms with Gasteiger partial charge < -0.3 is 20.1 Å². The van der Waals surface area contributed by atoms with E-state index < -0.39 is 12.8 Å². The molecule has 11 heteroatoms. The Labute approximate surface area is 188 Å². The van der Waals surface area contributed by atoms with Crippen molar-refractivity contribution in [3.05, 3.63) is 58.7 Å². The van der Waals surface area contributed by atoms with Crippen LogP contribution in [-0.2, 0) is 11.3 Å². The third kappa shape index (κ3) is 7.54. The fraction of sp³-hybridized carbons (Fsp3) is 0.429. The van der Waals surface area contributed by atoms with Crippen molar-refractivity contribution >= 4 is 17.6 Å². The number of ether oxygens (including phenoxy) is 2. The van der Waals surface area contributed by atoms with Crippen molar-refractivity contribution in [2.75, 3.05) is 39.5 Å². The number of benzene rings is 1. The molecular formula is C21H24ClF3N4O3. The van der Waals surface area contributed by atoms with Gasteiger partial charge in [0.05, 0.1) is 19.3 Å². The van der Waals surface area contributed by atoms with Gasteiger partial charge in [-0.15, -0.1) is 0 Å². The summed E-state index contributed by atoms with van der Waals surface area (Å²) in [4.78, 5) is 18.4. The average Bonchev–Trinajstić information content (AvgIpc) is 2.78. The molecule has 2 amide bonds. The number of rotatable bonds is 8. The molecule has 0 aliphatic carbocycles. The molecule has 0 spiro atoms. The molecular weight excluding hydrogens is 449 g/mol. The van der Waals surface area contributed by atoms with Crippen molar-refractivity contribution in [3.63, 3.8) is 0 Å². The molecule has 1 aliphatic rings. The molecule has 1 aromatic carbocycles. The standard InChI is InChI=1S/C21H24ClF3N4O3/c22-17-4-2-1-3-16(17)18(29-7-9-31-10-8-29)13-28-20(30)27-12-15-5-6-19(26-11-15)32-14-21(23,24)25/h1-6,11,18H,7-10,12-14H2,(H2,27,28,30). The second-order valence-electron chi connectivity index (χ2n) is 7.16. The Morgan fingerprint density at radius 1 is 1.19 bits per heavy atom. The predicted octanol–water partition coefficient (Wildman–Crippen LogP) is 3.55. The maximum absolute atomic E-state index is 12.3. The first kappa shape index (κ1) is 24.1. The molecule has 1 fully saturated rings. The van der Waals surface area contributed by atoms with Crippen LogP contribution in [0.1, 0.15) is 17.2 Å². The number of amides is 2. The van der Waals surface area contributed by atoms with Crippen LogP contribution in [0.25, 0.3) is 0 Å². The number of nitrogens with one attached hydrogen (secondary N) is 2. The smallest absolute Gasteiger partial charge is 0.422 e. The maximum atomic E-state index is 12.3. The Balaban J connectivity index is 1.51. The number of carbonyl (C=O) groups excluding carboxylic acids is 1. The van der Waals surface area contributed by atoms with E-state index in [9.17, 15) is 18.0 Å². The van der Waals surface area contributed by atoms with Crippen LogP contribution in [-0.4, -0.2) is 61.5 Å². The molecule has 174 valence electrons. The molecule has 1 unspecified atom stereocenters. The molecule has 32 heavy (non-hydrogen) atoms. The molecule has 2 heterocycles. The van der Waals surface area contributed by atoms with Gasteiger partial charge in [0.15, 0.2) is 6.61 Å². The highest BCUT2D eigenvalue weighted by Crippen LogP contribution is 2.27. The third-order valence-electron chi connectivity index (χ3n) is 4.84. The number of halogens is 4. The largest absolute Gasteiger partial charge is 0.468 e. The van der Waals surface area contributed by atoms with Crippen LogP contribution in [0.5, 0.6) is 5.88 Å². The molecule has 7 nitrogen and oxygen atoms in total. The van der Waals surface area contributed by atoms with Gasteiger partial charge in [-0.3, -0.25) is 4.90 Å². The maximum Gasteiger partial charge on any atom is 0.422 e. The number of nitrogens with zero attached hydrogens (tertiary/aromatic N) is 2. The van der Waals surface area contributed by atoms with Crippen LogP contribution in [0.3, 0.4) is 0 Å². The van der Waals surface area contributed by atoms with E-state index in [-0.39, 0.29) is 24.5 Å². The highest BCUT2D eigenvalue weighted by Gasteiger charge is 2.28. The van der Waals surface area contributed by atoms with E-state index in [1.165, 1.54) is 12.3 Å². The first-order valence-corrected chi connectivity index (χ1v) is 10.4. The van der Waals surface area contributed by atoms with Gasteiger partial charge in [-0.1, -0.05) is 35.9 Å². The molecule has 1 saturated heterocycles. The monoisotopic (exact) mass is 472 g/mol. The number of aromatic nitrogens is 1. The second-order valence-corrected chi connectivity index (χ2v) is 7.56. The minimum atomic E-state index is -4.43. The van der Waals surface area contributed by atoms with Crippen LogP contribution in [0.4, 0.5) is 18.0 Å². The van der Waals surface area contributed by atoms with Crippen LogP contribution in [0, 0.1) is 0 Å². The molecule has 0 radical (unpaired) electrons. The van der Waals surface area contributed by atoms with E-state index in [0.29, 0.717) is 30.3 Å². The van der Waals surface area contributed by atoms with Gasteiger partial charge in [-0.25, -0.2) is 9.78 Å². The van der Waals surface area contributed by atoms with Crippen LogP contribution in [0.15, 0.2) is 42.6 Å². The number of morpholine rings is 1. The molecule has 0 saturated carbocycles. The fourth-order valence-electron chi connectivity index (χ4n) is 3.26. The van der Waals surface area contributed by atoms with Gasteiger partial charge in [0, 0.05) is 43.5 Å². The topological polar surface area (TPSA) is 75.7 Å². The van der Waals surface area contributed by atoms with E-state index in [2.05, 4.69) is 25.3 Å². The number of urea groups is 1. The average molecular weight is 473 g/mol. The zero-order valence-corrected chi connectivity index (χ0v) is 18.0. The van der Waals surface area contributed by atoms with Crippen molar-refractivity contribution in [2.24, 2.45) is 0 Å².